The molecule has 0 radical (unpaired) electrons. The number of thioether (sulfide) groups is 1. The number of hydrogen-bond donors (Lipinski definition) is 1. The summed E-state index contributed by atoms with van der Waals surface area (Å²) in [6.45, 7) is 2.98. The number of hydrogen-bond acceptors (Lipinski definition) is 3. The molecule has 2 aliphatic heterocycles. The maximum atomic E-state index is 13.1. The van der Waals surface area contributed by atoms with Gasteiger partial charge in [0.15, 0.2) is 0 Å². The number of carbonyl (C=O) groups excluding carboxylic acids is 1. The van der Waals surface area contributed by atoms with Crippen LogP contribution in [0.4, 0.5) is 0 Å². The van der Waals surface area contributed by atoms with Crippen molar-refractivity contribution in [3.05, 3.63) is 23.5 Å². The lowest BCUT2D eigenvalue weighted by Gasteiger charge is -2.44. The number of likely N-dealkylation sites (tertiary alicyclic amines) is 1. The Balaban J connectivity index is 1.51. The molecule has 1 amide bonds. The number of carbonyl (C=O) groups is 1. The van der Waals surface area contributed by atoms with E-state index in [2.05, 4.69) is 21.2 Å². The average Bonchev–Trinajstić information content (AvgIpc) is 3.22. The van der Waals surface area contributed by atoms with Crippen molar-refractivity contribution in [3.63, 3.8) is 0 Å². The minimum absolute atomic E-state index is 0.0463. The van der Waals surface area contributed by atoms with Crippen LogP contribution >= 0.6 is 11.8 Å². The van der Waals surface area contributed by atoms with Crippen molar-refractivity contribution in [2.45, 2.75) is 51.5 Å². The maximum Gasteiger partial charge on any atom is 0.230 e. The fourth-order valence-corrected chi connectivity index (χ4v) is 5.71. The second-order valence-corrected chi connectivity index (χ2v) is 8.18. The molecule has 124 valence electrons. The van der Waals surface area contributed by atoms with E-state index in [0.717, 1.165) is 29.5 Å². The molecule has 4 nitrogen and oxygen atoms in total. The third-order valence-electron chi connectivity index (χ3n) is 5.71. The average molecular weight is 331 g/mol. The van der Waals surface area contributed by atoms with Gasteiger partial charge in [0.2, 0.25) is 5.91 Å². The monoisotopic (exact) mass is 331 g/mol. The summed E-state index contributed by atoms with van der Waals surface area (Å²) in [4.78, 5) is 16.6. The smallest absolute Gasteiger partial charge is 0.230 e. The van der Waals surface area contributed by atoms with Crippen LogP contribution in [0.1, 0.15) is 49.8 Å². The molecule has 2 fully saturated rings. The summed E-state index contributed by atoms with van der Waals surface area (Å²) in [6, 6.07) is 0.517. The van der Waals surface area contributed by atoms with E-state index < -0.39 is 0 Å². The predicted molar refractivity (Wildman–Crippen MR) is 93.9 cm³/mol. The van der Waals surface area contributed by atoms with E-state index in [1.54, 1.807) is 11.8 Å². The van der Waals surface area contributed by atoms with Gasteiger partial charge in [0.05, 0.1) is 11.6 Å². The first-order valence-electron chi connectivity index (χ1n) is 8.90. The summed E-state index contributed by atoms with van der Waals surface area (Å²) in [5, 5.41) is 7.12. The molecule has 1 N–H and O–H groups in total. The fourth-order valence-electron chi connectivity index (χ4n) is 4.49. The maximum absolute atomic E-state index is 13.1. The summed E-state index contributed by atoms with van der Waals surface area (Å²) in [5.41, 5.74) is 2.17. The van der Waals surface area contributed by atoms with Crippen molar-refractivity contribution in [2.75, 3.05) is 12.3 Å². The minimum Gasteiger partial charge on any atom is -0.339 e. The van der Waals surface area contributed by atoms with E-state index >= 15 is 0 Å². The van der Waals surface area contributed by atoms with Crippen molar-refractivity contribution in [3.8, 4) is 0 Å². The Bertz CT molecular complexity index is 622. The molecular weight excluding hydrogens is 306 g/mol. The third kappa shape index (κ3) is 2.84. The Morgan fingerprint density at radius 1 is 1.30 bits per heavy atom. The van der Waals surface area contributed by atoms with E-state index in [9.17, 15) is 4.79 Å². The topological polar surface area (TPSA) is 49.0 Å². The molecule has 4 rings (SSSR count). The number of fused-ring (bicyclic) bond motifs is 1. The van der Waals surface area contributed by atoms with Crippen LogP contribution in [0, 0.1) is 18.8 Å². The van der Waals surface area contributed by atoms with Crippen LogP contribution in [0.2, 0.25) is 0 Å². The first-order chi connectivity index (χ1) is 11.2. The Morgan fingerprint density at radius 3 is 2.96 bits per heavy atom. The van der Waals surface area contributed by atoms with Gasteiger partial charge in [-0.2, -0.15) is 5.10 Å². The summed E-state index contributed by atoms with van der Waals surface area (Å²) in [5.74, 6) is 2.05. The molecule has 3 atom stereocenters. The third-order valence-corrected chi connectivity index (χ3v) is 6.90. The molecule has 1 aliphatic carbocycles. The molecule has 0 aromatic carbocycles. The predicted octanol–water partition coefficient (Wildman–Crippen LogP) is 3.60. The number of nitrogens with one attached hydrogen (secondary N) is 1. The number of rotatable bonds is 2. The number of aryl methyl sites for hydroxylation is 1. The quantitative estimate of drug-likeness (QED) is 0.901. The van der Waals surface area contributed by atoms with Crippen LogP contribution in [0.25, 0.3) is 4.91 Å². The fraction of sp³-hybridized carbons (Fsp3) is 0.667. The number of H-pyrrole nitrogens is 1. The molecule has 1 aromatic rings. The molecule has 1 aromatic heterocycles. The lowest BCUT2D eigenvalue weighted by Crippen LogP contribution is -2.51. The molecule has 1 saturated heterocycles. The molecule has 1 saturated carbocycles. The van der Waals surface area contributed by atoms with Crippen LogP contribution in [0.3, 0.4) is 0 Å². The molecular formula is C18H25N3OS. The summed E-state index contributed by atoms with van der Waals surface area (Å²) >= 11 is 1.80. The van der Waals surface area contributed by atoms with E-state index in [-0.39, 0.29) is 5.92 Å². The van der Waals surface area contributed by atoms with Crippen molar-refractivity contribution in [1.82, 2.24) is 15.1 Å². The summed E-state index contributed by atoms with van der Waals surface area (Å²) < 4.78 is 0. The SMILES string of the molecule is Cc1n[nH]cc1C1=CC(C(=O)N2CCCC3CCCCC32)CS1. The van der Waals surface area contributed by atoms with Gasteiger partial charge in [-0.05, 0) is 38.5 Å². The lowest BCUT2D eigenvalue weighted by molar-refractivity contribution is -0.139. The highest BCUT2D eigenvalue weighted by Gasteiger charge is 2.38. The van der Waals surface area contributed by atoms with Crippen LogP contribution in [0.15, 0.2) is 12.3 Å². The Morgan fingerprint density at radius 2 is 2.13 bits per heavy atom. The van der Waals surface area contributed by atoms with Gasteiger partial charge in [-0.3, -0.25) is 9.89 Å². The molecule has 0 spiro atoms. The Hall–Kier alpha value is -1.23. The van der Waals surface area contributed by atoms with Gasteiger partial charge in [0.25, 0.3) is 0 Å². The van der Waals surface area contributed by atoms with Crippen LogP contribution in [-0.4, -0.2) is 39.3 Å². The van der Waals surface area contributed by atoms with Gasteiger partial charge in [-0.25, -0.2) is 0 Å². The largest absolute Gasteiger partial charge is 0.339 e. The van der Waals surface area contributed by atoms with Crippen LogP contribution < -0.4 is 0 Å². The number of nitrogens with zero attached hydrogens (tertiary/aromatic N) is 2. The van der Waals surface area contributed by atoms with Crippen molar-refractivity contribution < 1.29 is 4.79 Å². The standard InChI is InChI=1S/C18H25N3OS/c1-12-15(10-19-20-12)17-9-14(11-23-17)18(22)21-8-4-6-13-5-2-3-7-16(13)21/h9-10,13-14,16H,2-8,11H2,1H3,(H,19,20). The normalized spacial score (nSPS) is 30.9. The Kier molecular flexibility index (Phi) is 4.22. The zero-order chi connectivity index (χ0) is 15.8. The summed E-state index contributed by atoms with van der Waals surface area (Å²) in [7, 11) is 0. The molecule has 23 heavy (non-hydrogen) atoms. The second kappa shape index (κ2) is 6.34. The molecule has 3 aliphatic rings. The van der Waals surface area contributed by atoms with Gasteiger partial charge >= 0.3 is 0 Å². The molecule has 5 heteroatoms. The van der Waals surface area contributed by atoms with Crippen molar-refractivity contribution in [2.24, 2.45) is 11.8 Å². The van der Waals surface area contributed by atoms with Crippen LogP contribution in [-0.2, 0) is 4.79 Å². The highest BCUT2D eigenvalue weighted by molar-refractivity contribution is 8.08. The van der Waals surface area contributed by atoms with E-state index in [4.69, 9.17) is 0 Å². The highest BCUT2D eigenvalue weighted by Crippen LogP contribution is 2.41. The molecule has 0 bridgehead atoms. The molecule has 3 unspecified atom stereocenters. The lowest BCUT2D eigenvalue weighted by atomic mass is 9.78. The number of amides is 1. The van der Waals surface area contributed by atoms with Crippen molar-refractivity contribution >= 4 is 22.6 Å². The van der Waals surface area contributed by atoms with E-state index in [1.165, 1.54) is 43.4 Å². The number of aromatic nitrogens is 2. The van der Waals surface area contributed by atoms with Gasteiger partial charge in [-0.15, -0.1) is 11.8 Å². The number of aromatic amines is 1. The van der Waals surface area contributed by atoms with Gasteiger partial charge in [0, 0.05) is 35.0 Å². The van der Waals surface area contributed by atoms with Gasteiger partial charge < -0.3 is 4.90 Å². The number of piperidine rings is 1. The highest BCUT2D eigenvalue weighted by atomic mass is 32.2. The van der Waals surface area contributed by atoms with Crippen molar-refractivity contribution in [1.29, 1.82) is 0 Å². The Labute approximate surface area is 142 Å². The van der Waals surface area contributed by atoms with E-state index in [1.807, 2.05) is 13.1 Å². The summed E-state index contributed by atoms with van der Waals surface area (Å²) in [6.07, 6.45) is 11.8. The second-order valence-electron chi connectivity index (χ2n) is 7.12. The van der Waals surface area contributed by atoms with Gasteiger partial charge in [-0.1, -0.05) is 18.9 Å². The van der Waals surface area contributed by atoms with Gasteiger partial charge in [0.1, 0.15) is 0 Å². The first-order valence-corrected chi connectivity index (χ1v) is 9.88. The zero-order valence-electron chi connectivity index (χ0n) is 13.8. The minimum atomic E-state index is 0.0463. The van der Waals surface area contributed by atoms with Crippen LogP contribution in [0.5, 0.6) is 0 Å². The first kappa shape index (κ1) is 15.3. The zero-order valence-corrected chi connectivity index (χ0v) is 14.6. The van der Waals surface area contributed by atoms with E-state index in [0.29, 0.717) is 11.9 Å². The molecule has 3 heterocycles.